The number of hydrogen-bond acceptors (Lipinski definition) is 5. The third-order valence-corrected chi connectivity index (χ3v) is 2.83. The van der Waals surface area contributed by atoms with Gasteiger partial charge in [0, 0.05) is 26.0 Å². The van der Waals surface area contributed by atoms with E-state index >= 15 is 0 Å². The van der Waals surface area contributed by atoms with Crippen LogP contribution >= 0.6 is 0 Å². The summed E-state index contributed by atoms with van der Waals surface area (Å²) < 4.78 is 0. The number of anilines is 2. The van der Waals surface area contributed by atoms with Crippen LogP contribution < -0.4 is 21.7 Å². The van der Waals surface area contributed by atoms with Crippen LogP contribution in [0.2, 0.25) is 0 Å². The van der Waals surface area contributed by atoms with Crippen molar-refractivity contribution >= 4 is 23.6 Å². The Hall–Kier alpha value is -3.16. The van der Waals surface area contributed by atoms with Crippen molar-refractivity contribution in [3.05, 3.63) is 47.8 Å². The number of rotatable bonds is 5. The van der Waals surface area contributed by atoms with Crippen molar-refractivity contribution in [2.45, 2.75) is 6.54 Å². The molecule has 3 amide bonds. The molecule has 8 nitrogen and oxygen atoms in total. The number of nitrogens with zero attached hydrogens (tertiary/aromatic N) is 2. The van der Waals surface area contributed by atoms with Crippen molar-refractivity contribution in [2.75, 3.05) is 17.7 Å². The van der Waals surface area contributed by atoms with Crippen LogP contribution in [0.3, 0.4) is 0 Å². The molecule has 0 saturated heterocycles. The molecule has 0 fully saturated rings. The predicted molar refractivity (Wildman–Crippen MR) is 82.4 cm³/mol. The fourth-order valence-electron chi connectivity index (χ4n) is 1.76. The minimum Gasteiger partial charge on any atom is -0.365 e. The summed E-state index contributed by atoms with van der Waals surface area (Å²) in [5, 5.41) is 8.06. The molecule has 0 aromatic carbocycles. The number of nitrogens with one attached hydrogen (secondary N) is 3. The molecule has 0 spiro atoms. The molecule has 5 N–H and O–H groups in total. The quantitative estimate of drug-likeness (QED) is 0.654. The van der Waals surface area contributed by atoms with E-state index in [-0.39, 0.29) is 6.03 Å². The average Bonchev–Trinajstić information content (AvgIpc) is 2.53. The average molecular weight is 300 g/mol. The molecule has 0 bridgehead atoms. The van der Waals surface area contributed by atoms with Crippen LogP contribution in [0.4, 0.5) is 16.4 Å². The van der Waals surface area contributed by atoms with Gasteiger partial charge in [-0.15, -0.1) is 0 Å². The van der Waals surface area contributed by atoms with Crippen molar-refractivity contribution in [2.24, 2.45) is 5.73 Å². The van der Waals surface area contributed by atoms with Crippen molar-refractivity contribution in [1.82, 2.24) is 15.3 Å². The van der Waals surface area contributed by atoms with Crippen molar-refractivity contribution < 1.29 is 9.59 Å². The summed E-state index contributed by atoms with van der Waals surface area (Å²) in [6, 6.07) is 6.40. The van der Waals surface area contributed by atoms with E-state index in [1.54, 1.807) is 36.7 Å². The molecule has 8 heteroatoms. The zero-order chi connectivity index (χ0) is 15.9. The van der Waals surface area contributed by atoms with Gasteiger partial charge >= 0.3 is 6.03 Å². The Morgan fingerprint density at radius 1 is 1.23 bits per heavy atom. The van der Waals surface area contributed by atoms with E-state index in [0.717, 1.165) is 5.56 Å². The van der Waals surface area contributed by atoms with Gasteiger partial charge in [0.2, 0.25) is 0 Å². The molecule has 114 valence electrons. The highest BCUT2D eigenvalue weighted by molar-refractivity contribution is 5.97. The predicted octanol–water partition coefficient (Wildman–Crippen LogP) is 0.939. The molecule has 2 heterocycles. The Morgan fingerprint density at radius 3 is 2.77 bits per heavy atom. The third-order valence-electron chi connectivity index (χ3n) is 2.83. The van der Waals surface area contributed by atoms with Crippen LogP contribution in [0.1, 0.15) is 15.9 Å². The van der Waals surface area contributed by atoms with Crippen LogP contribution in [-0.2, 0) is 6.54 Å². The normalized spacial score (nSPS) is 9.86. The van der Waals surface area contributed by atoms with E-state index in [4.69, 9.17) is 5.73 Å². The van der Waals surface area contributed by atoms with Gasteiger partial charge in [-0.1, -0.05) is 0 Å². The third kappa shape index (κ3) is 3.92. The SMILES string of the molecule is CNC(=O)Nc1cc(CNc2ncccc2C(N)=O)ccn1. The molecule has 22 heavy (non-hydrogen) atoms. The molecule has 0 radical (unpaired) electrons. The first-order valence-corrected chi connectivity index (χ1v) is 6.52. The summed E-state index contributed by atoms with van der Waals surface area (Å²) in [4.78, 5) is 30.7. The maximum atomic E-state index is 11.3. The first kappa shape index (κ1) is 15.2. The van der Waals surface area contributed by atoms with Gasteiger partial charge in [0.05, 0.1) is 5.56 Å². The van der Waals surface area contributed by atoms with Gasteiger partial charge in [-0.05, 0) is 29.8 Å². The minimum atomic E-state index is -0.549. The van der Waals surface area contributed by atoms with Gasteiger partial charge in [0.25, 0.3) is 5.91 Å². The lowest BCUT2D eigenvalue weighted by molar-refractivity contribution is 0.100. The molecule has 0 aliphatic heterocycles. The molecule has 0 unspecified atom stereocenters. The second-order valence-corrected chi connectivity index (χ2v) is 4.37. The summed E-state index contributed by atoms with van der Waals surface area (Å²) in [6.45, 7) is 0.405. The van der Waals surface area contributed by atoms with E-state index in [9.17, 15) is 9.59 Å². The van der Waals surface area contributed by atoms with E-state index in [2.05, 4.69) is 25.9 Å². The maximum absolute atomic E-state index is 11.3. The number of pyridine rings is 2. The van der Waals surface area contributed by atoms with E-state index in [1.807, 2.05) is 0 Å². The van der Waals surface area contributed by atoms with Gasteiger partial charge in [-0.25, -0.2) is 14.8 Å². The van der Waals surface area contributed by atoms with Gasteiger partial charge < -0.3 is 16.4 Å². The lowest BCUT2D eigenvalue weighted by Crippen LogP contribution is -2.25. The van der Waals surface area contributed by atoms with Gasteiger partial charge in [0.1, 0.15) is 11.6 Å². The molecular formula is C14H16N6O2. The van der Waals surface area contributed by atoms with Crippen molar-refractivity contribution in [3.8, 4) is 0 Å². The topological polar surface area (TPSA) is 122 Å². The minimum absolute atomic E-state index is 0.320. The summed E-state index contributed by atoms with van der Waals surface area (Å²) in [5.74, 6) is 0.287. The van der Waals surface area contributed by atoms with Crippen LogP contribution in [0, 0.1) is 0 Å². The van der Waals surface area contributed by atoms with Gasteiger partial charge in [0.15, 0.2) is 0 Å². The number of carbonyl (C=O) groups excluding carboxylic acids is 2. The maximum Gasteiger partial charge on any atom is 0.320 e. The molecule has 2 aromatic rings. The summed E-state index contributed by atoms with van der Waals surface area (Å²) >= 11 is 0. The highest BCUT2D eigenvalue weighted by Crippen LogP contribution is 2.13. The summed E-state index contributed by atoms with van der Waals surface area (Å²) in [5.41, 5.74) is 6.48. The zero-order valence-corrected chi connectivity index (χ0v) is 12.0. The fraction of sp³-hybridized carbons (Fsp3) is 0.143. The number of primary amides is 1. The molecule has 0 atom stereocenters. The lowest BCUT2D eigenvalue weighted by atomic mass is 10.2. The smallest absolute Gasteiger partial charge is 0.320 e. The Bertz CT molecular complexity index is 689. The Morgan fingerprint density at radius 2 is 2.05 bits per heavy atom. The van der Waals surface area contributed by atoms with Crippen LogP contribution in [0.5, 0.6) is 0 Å². The van der Waals surface area contributed by atoms with E-state index < -0.39 is 5.91 Å². The van der Waals surface area contributed by atoms with Crippen LogP contribution in [-0.4, -0.2) is 29.0 Å². The Kier molecular flexibility index (Phi) is 4.86. The Balaban J connectivity index is 2.07. The molecule has 0 aliphatic rings. The van der Waals surface area contributed by atoms with Crippen molar-refractivity contribution in [3.63, 3.8) is 0 Å². The first-order chi connectivity index (χ1) is 10.6. The standard InChI is InChI=1S/C14H16N6O2/c1-16-14(22)20-11-7-9(4-6-17-11)8-19-13-10(12(15)21)3-2-5-18-13/h2-7H,8H2,1H3,(H2,15,21)(H,18,19)(H2,16,17,20,22). The van der Waals surface area contributed by atoms with Crippen LogP contribution in [0.15, 0.2) is 36.7 Å². The van der Waals surface area contributed by atoms with E-state index in [0.29, 0.717) is 23.7 Å². The molecule has 2 aromatic heterocycles. The first-order valence-electron chi connectivity index (χ1n) is 6.52. The Labute approximate surface area is 127 Å². The number of hydrogen-bond donors (Lipinski definition) is 4. The summed E-state index contributed by atoms with van der Waals surface area (Å²) in [6.07, 6.45) is 3.15. The van der Waals surface area contributed by atoms with Gasteiger partial charge in [-0.3, -0.25) is 10.1 Å². The molecule has 2 rings (SSSR count). The molecule has 0 aliphatic carbocycles. The largest absolute Gasteiger partial charge is 0.365 e. The second kappa shape index (κ2) is 7.02. The highest BCUT2D eigenvalue weighted by Gasteiger charge is 2.08. The number of carbonyl (C=O) groups is 2. The molecular weight excluding hydrogens is 284 g/mol. The van der Waals surface area contributed by atoms with E-state index in [1.165, 1.54) is 7.05 Å². The number of amides is 3. The molecule has 0 saturated carbocycles. The van der Waals surface area contributed by atoms with Crippen LogP contribution in [0.25, 0.3) is 0 Å². The van der Waals surface area contributed by atoms with Crippen molar-refractivity contribution in [1.29, 1.82) is 0 Å². The number of aromatic nitrogens is 2. The number of nitrogens with two attached hydrogens (primary N) is 1. The zero-order valence-electron chi connectivity index (χ0n) is 12.0. The summed E-state index contributed by atoms with van der Waals surface area (Å²) in [7, 11) is 1.52. The monoisotopic (exact) mass is 300 g/mol. The van der Waals surface area contributed by atoms with Gasteiger partial charge in [-0.2, -0.15) is 0 Å². The lowest BCUT2D eigenvalue weighted by Gasteiger charge is -2.10. The highest BCUT2D eigenvalue weighted by atomic mass is 16.2. The second-order valence-electron chi connectivity index (χ2n) is 4.37. The fourth-order valence-corrected chi connectivity index (χ4v) is 1.76. The number of urea groups is 1.